The van der Waals surface area contributed by atoms with Gasteiger partial charge in [0.25, 0.3) is 8.32 Å². The fourth-order valence-corrected chi connectivity index (χ4v) is 8.85. The molecule has 3 nitrogen and oxygen atoms in total. The molecule has 2 aromatic carbocycles. The van der Waals surface area contributed by atoms with Crippen LogP contribution in [0.25, 0.3) is 0 Å². The Kier molecular flexibility index (Phi) is 5.33. The van der Waals surface area contributed by atoms with Crippen molar-refractivity contribution >= 4 is 18.7 Å². The minimum absolute atomic E-state index is 0.0919. The van der Waals surface area contributed by atoms with Crippen LogP contribution in [0.5, 0.6) is 0 Å². The molecule has 0 radical (unpaired) electrons. The SMILES string of the molecule is CC(C)(C)[Si](O[C@H]1C[C@H](O)[C@@H](C#N)C1)(c1ccccc1)c1ccccc1. The van der Waals surface area contributed by atoms with Crippen LogP contribution in [0, 0.1) is 17.2 Å². The van der Waals surface area contributed by atoms with Crippen molar-refractivity contribution in [3.05, 3.63) is 60.7 Å². The largest absolute Gasteiger partial charge is 0.404 e. The molecule has 2 aromatic rings. The molecule has 1 aliphatic rings. The van der Waals surface area contributed by atoms with Gasteiger partial charge in [0.05, 0.1) is 18.1 Å². The topological polar surface area (TPSA) is 53.2 Å². The standard InChI is InChI=1S/C22H27NO2Si/c1-22(2,3)26(19-10-6-4-7-11-19,20-12-8-5-9-13-20)25-18-14-17(16-23)21(24)15-18/h4-13,17-18,21,24H,14-15H2,1-3H3/t17-,18-,21+/m1/s1. The average Bonchev–Trinajstić information content (AvgIpc) is 2.99. The summed E-state index contributed by atoms with van der Waals surface area (Å²) in [4.78, 5) is 0. The van der Waals surface area contributed by atoms with Crippen LogP contribution in [0.1, 0.15) is 33.6 Å². The first kappa shape index (κ1) is 18.8. The number of benzene rings is 2. The average molecular weight is 366 g/mol. The van der Waals surface area contributed by atoms with Gasteiger partial charge in [-0.3, -0.25) is 0 Å². The van der Waals surface area contributed by atoms with Crippen LogP contribution in [0.4, 0.5) is 0 Å². The third-order valence-electron chi connectivity index (χ3n) is 5.41. The monoisotopic (exact) mass is 365 g/mol. The number of aliphatic hydroxyl groups excluding tert-OH is 1. The molecule has 1 fully saturated rings. The molecule has 0 heterocycles. The van der Waals surface area contributed by atoms with Crippen LogP contribution < -0.4 is 10.4 Å². The summed E-state index contributed by atoms with van der Waals surface area (Å²) in [7, 11) is -2.61. The molecule has 3 rings (SSSR count). The second kappa shape index (κ2) is 7.36. The summed E-state index contributed by atoms with van der Waals surface area (Å²) in [6.07, 6.45) is 0.439. The lowest BCUT2D eigenvalue weighted by Crippen LogP contribution is -2.67. The van der Waals surface area contributed by atoms with Gasteiger partial charge >= 0.3 is 0 Å². The van der Waals surface area contributed by atoms with Gasteiger partial charge in [0.2, 0.25) is 0 Å². The van der Waals surface area contributed by atoms with Crippen LogP contribution >= 0.6 is 0 Å². The highest BCUT2D eigenvalue weighted by molar-refractivity contribution is 6.99. The van der Waals surface area contributed by atoms with E-state index >= 15 is 0 Å². The first-order valence-electron chi connectivity index (χ1n) is 9.25. The summed E-state index contributed by atoms with van der Waals surface area (Å²) in [5.41, 5.74) is 0. The number of hydrogen-bond donors (Lipinski definition) is 1. The Morgan fingerprint density at radius 3 is 1.85 bits per heavy atom. The number of rotatable bonds is 4. The second-order valence-electron chi connectivity index (χ2n) is 8.18. The summed E-state index contributed by atoms with van der Waals surface area (Å²) in [5.74, 6) is -0.335. The van der Waals surface area contributed by atoms with Crippen molar-refractivity contribution in [2.24, 2.45) is 5.92 Å². The number of nitrogens with zero attached hydrogens (tertiary/aromatic N) is 1. The smallest absolute Gasteiger partial charge is 0.261 e. The van der Waals surface area contributed by atoms with E-state index in [0.717, 1.165) is 0 Å². The van der Waals surface area contributed by atoms with Crippen molar-refractivity contribution < 1.29 is 9.53 Å². The Morgan fingerprint density at radius 1 is 0.962 bits per heavy atom. The van der Waals surface area contributed by atoms with Gasteiger partial charge in [0.1, 0.15) is 0 Å². The van der Waals surface area contributed by atoms with E-state index in [1.165, 1.54) is 10.4 Å². The van der Waals surface area contributed by atoms with Crippen molar-refractivity contribution in [3.8, 4) is 6.07 Å². The van der Waals surface area contributed by atoms with E-state index in [0.29, 0.717) is 12.8 Å². The maximum Gasteiger partial charge on any atom is 0.261 e. The van der Waals surface area contributed by atoms with E-state index in [-0.39, 0.29) is 17.1 Å². The Labute approximate surface area is 157 Å². The molecule has 26 heavy (non-hydrogen) atoms. The molecule has 1 aliphatic carbocycles. The Balaban J connectivity index is 2.11. The van der Waals surface area contributed by atoms with Crippen molar-refractivity contribution in [2.75, 3.05) is 0 Å². The predicted octanol–water partition coefficient (Wildman–Crippen LogP) is 3.23. The van der Waals surface area contributed by atoms with Crippen LogP contribution in [-0.4, -0.2) is 25.6 Å². The van der Waals surface area contributed by atoms with E-state index < -0.39 is 14.4 Å². The van der Waals surface area contributed by atoms with Crippen molar-refractivity contribution in [1.29, 1.82) is 5.26 Å². The summed E-state index contributed by atoms with van der Waals surface area (Å²) in [5, 5.41) is 21.9. The van der Waals surface area contributed by atoms with Gasteiger partial charge in [-0.05, 0) is 28.3 Å². The summed E-state index contributed by atoms with van der Waals surface area (Å²) in [6, 6.07) is 23.2. The molecule has 136 valence electrons. The fourth-order valence-electron chi connectivity index (χ4n) is 4.15. The summed E-state index contributed by atoms with van der Waals surface area (Å²) >= 11 is 0. The Hall–Kier alpha value is -1.93. The quantitative estimate of drug-likeness (QED) is 0.847. The molecule has 4 heteroatoms. The minimum atomic E-state index is -2.61. The van der Waals surface area contributed by atoms with Gasteiger partial charge < -0.3 is 9.53 Å². The molecule has 3 atom stereocenters. The second-order valence-corrected chi connectivity index (χ2v) is 12.4. The van der Waals surface area contributed by atoms with Gasteiger partial charge in [-0.25, -0.2) is 0 Å². The van der Waals surface area contributed by atoms with Gasteiger partial charge in [0.15, 0.2) is 0 Å². The van der Waals surface area contributed by atoms with Crippen molar-refractivity contribution in [2.45, 2.75) is 50.9 Å². The van der Waals surface area contributed by atoms with Crippen LogP contribution in [0.2, 0.25) is 5.04 Å². The lowest BCUT2D eigenvalue weighted by atomic mass is 10.1. The molecule has 0 bridgehead atoms. The highest BCUT2D eigenvalue weighted by Gasteiger charge is 2.52. The highest BCUT2D eigenvalue weighted by atomic mass is 28.4. The van der Waals surface area contributed by atoms with Gasteiger partial charge in [-0.2, -0.15) is 5.26 Å². The molecule has 0 spiro atoms. The zero-order valence-electron chi connectivity index (χ0n) is 15.7. The molecule has 1 saturated carbocycles. The lowest BCUT2D eigenvalue weighted by molar-refractivity contribution is 0.135. The molecular weight excluding hydrogens is 338 g/mol. The molecule has 0 amide bonds. The maximum atomic E-state index is 10.2. The van der Waals surface area contributed by atoms with E-state index in [4.69, 9.17) is 4.43 Å². The van der Waals surface area contributed by atoms with Crippen LogP contribution in [-0.2, 0) is 4.43 Å². The number of aliphatic hydroxyl groups is 1. The molecule has 0 aromatic heterocycles. The van der Waals surface area contributed by atoms with E-state index in [1.807, 2.05) is 12.1 Å². The third kappa shape index (κ3) is 3.35. The first-order chi connectivity index (χ1) is 12.4. The van der Waals surface area contributed by atoms with Crippen molar-refractivity contribution in [1.82, 2.24) is 0 Å². The third-order valence-corrected chi connectivity index (χ3v) is 10.5. The van der Waals surface area contributed by atoms with Gasteiger partial charge in [0, 0.05) is 6.10 Å². The molecule has 0 unspecified atom stereocenters. The van der Waals surface area contributed by atoms with Crippen LogP contribution in [0.3, 0.4) is 0 Å². The lowest BCUT2D eigenvalue weighted by Gasteiger charge is -2.44. The van der Waals surface area contributed by atoms with E-state index in [1.54, 1.807) is 0 Å². The van der Waals surface area contributed by atoms with E-state index in [2.05, 4.69) is 75.4 Å². The maximum absolute atomic E-state index is 10.2. The zero-order valence-corrected chi connectivity index (χ0v) is 16.7. The highest BCUT2D eigenvalue weighted by Crippen LogP contribution is 2.40. The van der Waals surface area contributed by atoms with Gasteiger partial charge in [-0.15, -0.1) is 0 Å². The predicted molar refractivity (Wildman–Crippen MR) is 107 cm³/mol. The van der Waals surface area contributed by atoms with Crippen LogP contribution in [0.15, 0.2) is 60.7 Å². The summed E-state index contributed by atoms with van der Waals surface area (Å²) in [6.45, 7) is 6.73. The van der Waals surface area contributed by atoms with E-state index in [9.17, 15) is 10.4 Å². The summed E-state index contributed by atoms with van der Waals surface area (Å²) < 4.78 is 6.97. The number of nitriles is 1. The Morgan fingerprint density at radius 2 is 1.46 bits per heavy atom. The minimum Gasteiger partial charge on any atom is -0.404 e. The molecule has 1 N–H and O–H groups in total. The zero-order chi connectivity index (χ0) is 18.8. The molecule has 0 aliphatic heterocycles. The van der Waals surface area contributed by atoms with Crippen molar-refractivity contribution in [3.63, 3.8) is 0 Å². The number of hydrogen-bond acceptors (Lipinski definition) is 3. The van der Waals surface area contributed by atoms with Gasteiger partial charge in [-0.1, -0.05) is 81.4 Å². The first-order valence-corrected chi connectivity index (χ1v) is 11.2. The molecular formula is C22H27NO2Si. The normalized spacial score (nSPS) is 23.6. The fraction of sp³-hybridized carbons (Fsp3) is 0.409. The molecule has 0 saturated heterocycles. The Bertz CT molecular complexity index is 725.